The van der Waals surface area contributed by atoms with Gasteiger partial charge in [-0.05, 0) is 39.2 Å². The number of nitrogens with one attached hydrogen (secondary N) is 1. The summed E-state index contributed by atoms with van der Waals surface area (Å²) >= 11 is 0. The Morgan fingerprint density at radius 3 is 2.50 bits per heavy atom. The van der Waals surface area contributed by atoms with Crippen molar-refractivity contribution in [3.8, 4) is 0 Å². The smallest absolute Gasteiger partial charge is 0.272 e. The Bertz CT molecular complexity index is 654. The molecule has 1 aromatic carbocycles. The minimum Gasteiger partial charge on any atom is -0.370 e. The van der Waals surface area contributed by atoms with Crippen molar-refractivity contribution in [2.75, 3.05) is 25.0 Å². The van der Waals surface area contributed by atoms with Gasteiger partial charge in [0.1, 0.15) is 17.3 Å². The molecule has 0 saturated carbocycles. The van der Waals surface area contributed by atoms with Crippen molar-refractivity contribution in [3.63, 3.8) is 0 Å². The highest BCUT2D eigenvalue weighted by molar-refractivity contribution is 5.92. The summed E-state index contributed by atoms with van der Waals surface area (Å²) in [6.07, 6.45) is 2.02. The van der Waals surface area contributed by atoms with Crippen LogP contribution in [0.5, 0.6) is 0 Å². The Balaban J connectivity index is 1.94. The second-order valence-electron chi connectivity index (χ2n) is 5.68. The zero-order valence-electron chi connectivity index (χ0n) is 14.7. The molecule has 0 aliphatic rings. The van der Waals surface area contributed by atoms with Gasteiger partial charge in [0.15, 0.2) is 0 Å². The Labute approximate surface area is 144 Å². The van der Waals surface area contributed by atoms with Gasteiger partial charge >= 0.3 is 0 Å². The van der Waals surface area contributed by atoms with Crippen molar-refractivity contribution in [3.05, 3.63) is 53.5 Å². The highest BCUT2D eigenvalue weighted by atomic mass is 16.2. The fourth-order valence-electron chi connectivity index (χ4n) is 2.59. The third-order valence-electron chi connectivity index (χ3n) is 3.90. The number of aromatic nitrogens is 2. The molecule has 1 N–H and O–H groups in total. The molecule has 0 aliphatic heterocycles. The van der Waals surface area contributed by atoms with Gasteiger partial charge in [-0.2, -0.15) is 0 Å². The molecule has 0 radical (unpaired) electrons. The van der Waals surface area contributed by atoms with E-state index in [-0.39, 0.29) is 5.91 Å². The van der Waals surface area contributed by atoms with E-state index in [0.29, 0.717) is 30.4 Å². The average Bonchev–Trinajstić information content (AvgIpc) is 2.60. The lowest BCUT2D eigenvalue weighted by Gasteiger charge is -2.18. The summed E-state index contributed by atoms with van der Waals surface area (Å²) in [6.45, 7) is 7.92. The molecule has 0 bridgehead atoms. The van der Waals surface area contributed by atoms with E-state index < -0.39 is 0 Å². The zero-order valence-corrected chi connectivity index (χ0v) is 14.7. The van der Waals surface area contributed by atoms with E-state index in [1.165, 1.54) is 5.56 Å². The Morgan fingerprint density at radius 1 is 1.12 bits per heavy atom. The van der Waals surface area contributed by atoms with E-state index in [1.807, 2.05) is 26.8 Å². The van der Waals surface area contributed by atoms with Crippen molar-refractivity contribution in [2.45, 2.75) is 33.6 Å². The number of aryl methyl sites for hydroxylation is 2. The maximum Gasteiger partial charge on any atom is 0.272 e. The molecule has 1 aromatic heterocycles. The van der Waals surface area contributed by atoms with Gasteiger partial charge in [-0.15, -0.1) is 0 Å². The number of carbonyl (C=O) groups is 1. The molecule has 5 heteroatoms. The van der Waals surface area contributed by atoms with Crippen LogP contribution in [0.25, 0.3) is 0 Å². The van der Waals surface area contributed by atoms with Crippen LogP contribution in [0.3, 0.4) is 0 Å². The van der Waals surface area contributed by atoms with Gasteiger partial charge in [0.05, 0.1) is 0 Å². The number of hydrogen-bond donors (Lipinski definition) is 1. The van der Waals surface area contributed by atoms with Crippen LogP contribution in [0.15, 0.2) is 36.4 Å². The monoisotopic (exact) mass is 326 g/mol. The minimum atomic E-state index is -0.0437. The van der Waals surface area contributed by atoms with E-state index in [4.69, 9.17) is 0 Å². The number of benzene rings is 1. The highest BCUT2D eigenvalue weighted by Crippen LogP contribution is 2.10. The van der Waals surface area contributed by atoms with Crippen LogP contribution in [0.1, 0.15) is 42.1 Å². The van der Waals surface area contributed by atoms with Gasteiger partial charge in [0, 0.05) is 25.7 Å². The maximum atomic E-state index is 12.4. The third kappa shape index (κ3) is 5.05. The molecule has 0 fully saturated rings. The zero-order chi connectivity index (χ0) is 17.4. The standard InChI is InChI=1S/C19H26N4O/c1-4-23(5-2)19(24)17-14-18(22-15(3)21-17)20-13-9-12-16-10-7-6-8-11-16/h6-8,10-11,14H,4-5,9,12-13H2,1-3H3,(H,20,21,22). The normalized spacial score (nSPS) is 10.5. The first kappa shape index (κ1) is 17.9. The number of rotatable bonds is 8. The van der Waals surface area contributed by atoms with E-state index >= 15 is 0 Å². The number of nitrogens with zero attached hydrogens (tertiary/aromatic N) is 3. The lowest BCUT2D eigenvalue weighted by atomic mass is 10.1. The first-order valence-corrected chi connectivity index (χ1v) is 8.56. The van der Waals surface area contributed by atoms with Crippen molar-refractivity contribution in [1.29, 1.82) is 0 Å². The second-order valence-corrected chi connectivity index (χ2v) is 5.68. The minimum absolute atomic E-state index is 0.0437. The molecule has 24 heavy (non-hydrogen) atoms. The highest BCUT2D eigenvalue weighted by Gasteiger charge is 2.15. The SMILES string of the molecule is CCN(CC)C(=O)c1cc(NCCCc2ccccc2)nc(C)n1. The summed E-state index contributed by atoms with van der Waals surface area (Å²) < 4.78 is 0. The van der Waals surface area contributed by atoms with Gasteiger partial charge in [0.2, 0.25) is 0 Å². The van der Waals surface area contributed by atoms with Gasteiger partial charge < -0.3 is 10.2 Å². The Hall–Kier alpha value is -2.43. The van der Waals surface area contributed by atoms with Crippen LogP contribution in [0.2, 0.25) is 0 Å². The quantitative estimate of drug-likeness (QED) is 0.756. The van der Waals surface area contributed by atoms with E-state index in [0.717, 1.165) is 19.4 Å². The molecule has 128 valence electrons. The number of anilines is 1. The van der Waals surface area contributed by atoms with Crippen LogP contribution >= 0.6 is 0 Å². The lowest BCUT2D eigenvalue weighted by molar-refractivity contribution is 0.0766. The van der Waals surface area contributed by atoms with Gasteiger partial charge in [-0.3, -0.25) is 4.79 Å². The van der Waals surface area contributed by atoms with Crippen molar-refractivity contribution < 1.29 is 4.79 Å². The molecule has 0 saturated heterocycles. The summed E-state index contributed by atoms with van der Waals surface area (Å²) in [6, 6.07) is 12.2. The largest absolute Gasteiger partial charge is 0.370 e. The Morgan fingerprint density at radius 2 is 1.83 bits per heavy atom. The topological polar surface area (TPSA) is 58.1 Å². The number of amides is 1. The van der Waals surface area contributed by atoms with Crippen LogP contribution in [0, 0.1) is 6.92 Å². The van der Waals surface area contributed by atoms with Gasteiger partial charge in [0.25, 0.3) is 5.91 Å². The predicted molar refractivity (Wildman–Crippen MR) is 97.3 cm³/mol. The third-order valence-corrected chi connectivity index (χ3v) is 3.90. The van der Waals surface area contributed by atoms with Crippen LogP contribution in [-0.4, -0.2) is 40.4 Å². The predicted octanol–water partition coefficient (Wildman–Crippen LogP) is 3.31. The molecular weight excluding hydrogens is 300 g/mol. The summed E-state index contributed by atoms with van der Waals surface area (Å²) in [4.78, 5) is 22.9. The van der Waals surface area contributed by atoms with E-state index in [9.17, 15) is 4.79 Å². The summed E-state index contributed by atoms with van der Waals surface area (Å²) in [7, 11) is 0. The van der Waals surface area contributed by atoms with Crippen molar-refractivity contribution in [1.82, 2.24) is 14.9 Å². The molecule has 2 rings (SSSR count). The van der Waals surface area contributed by atoms with Crippen LogP contribution < -0.4 is 5.32 Å². The first-order valence-electron chi connectivity index (χ1n) is 8.56. The molecule has 0 spiro atoms. The molecule has 0 aliphatic carbocycles. The molecular formula is C19H26N4O. The molecule has 0 atom stereocenters. The molecule has 2 aromatic rings. The Kier molecular flexibility index (Phi) is 6.73. The van der Waals surface area contributed by atoms with Crippen molar-refractivity contribution >= 4 is 11.7 Å². The molecule has 1 heterocycles. The summed E-state index contributed by atoms with van der Waals surface area (Å²) in [5, 5.41) is 3.30. The van der Waals surface area contributed by atoms with Crippen LogP contribution in [0.4, 0.5) is 5.82 Å². The molecule has 0 unspecified atom stereocenters. The molecule has 1 amide bonds. The van der Waals surface area contributed by atoms with E-state index in [2.05, 4.69) is 39.6 Å². The van der Waals surface area contributed by atoms with Crippen molar-refractivity contribution in [2.24, 2.45) is 0 Å². The summed E-state index contributed by atoms with van der Waals surface area (Å²) in [5.74, 6) is 1.28. The summed E-state index contributed by atoms with van der Waals surface area (Å²) in [5.41, 5.74) is 1.78. The second kappa shape index (κ2) is 9.01. The number of hydrogen-bond acceptors (Lipinski definition) is 4. The fraction of sp³-hybridized carbons (Fsp3) is 0.421. The average molecular weight is 326 g/mol. The number of carbonyl (C=O) groups excluding carboxylic acids is 1. The van der Waals surface area contributed by atoms with Gasteiger partial charge in [-0.1, -0.05) is 30.3 Å². The van der Waals surface area contributed by atoms with Crippen LogP contribution in [-0.2, 0) is 6.42 Å². The lowest BCUT2D eigenvalue weighted by Crippen LogP contribution is -2.31. The van der Waals surface area contributed by atoms with Gasteiger partial charge in [-0.25, -0.2) is 9.97 Å². The maximum absolute atomic E-state index is 12.4. The fourth-order valence-corrected chi connectivity index (χ4v) is 2.59. The molecule has 5 nitrogen and oxygen atoms in total. The first-order chi connectivity index (χ1) is 11.6. The van der Waals surface area contributed by atoms with E-state index in [1.54, 1.807) is 11.0 Å².